The highest BCUT2D eigenvalue weighted by Crippen LogP contribution is 2.29. The van der Waals surface area contributed by atoms with E-state index in [4.69, 9.17) is 10.6 Å². The molecule has 0 aliphatic heterocycles. The number of carbonyl (C=O) groups is 2. The second-order valence-electron chi connectivity index (χ2n) is 5.74. The van der Waals surface area contributed by atoms with Crippen LogP contribution >= 0.6 is 0 Å². The van der Waals surface area contributed by atoms with Crippen LogP contribution in [0, 0.1) is 0 Å². The quantitative estimate of drug-likeness (QED) is 0.398. The van der Waals surface area contributed by atoms with E-state index in [1.54, 1.807) is 6.92 Å². The molecule has 0 radical (unpaired) electrons. The Balaban J connectivity index is 5.31. The average Bonchev–Trinajstić information content (AvgIpc) is 2.32. The van der Waals surface area contributed by atoms with Crippen molar-refractivity contribution in [3.05, 3.63) is 0 Å². The molecule has 124 valence electrons. The Morgan fingerprint density at radius 1 is 1.14 bits per heavy atom. The number of rotatable bonds is 8. The molecule has 0 saturated heterocycles. The van der Waals surface area contributed by atoms with Crippen LogP contribution in [0.2, 0.25) is 0 Å². The monoisotopic (exact) mass is 306 g/mol. The van der Waals surface area contributed by atoms with Crippen molar-refractivity contribution in [3.63, 3.8) is 0 Å². The Labute approximate surface area is 125 Å². The van der Waals surface area contributed by atoms with Gasteiger partial charge in [0.1, 0.15) is 0 Å². The molecule has 8 nitrogen and oxygen atoms in total. The summed E-state index contributed by atoms with van der Waals surface area (Å²) < 4.78 is 0. The first-order valence-electron chi connectivity index (χ1n) is 6.64. The lowest BCUT2D eigenvalue weighted by Crippen LogP contribution is -2.59. The van der Waals surface area contributed by atoms with Crippen molar-refractivity contribution in [2.24, 2.45) is 5.73 Å². The van der Waals surface area contributed by atoms with Crippen LogP contribution in [0.4, 0.5) is 0 Å². The fourth-order valence-electron chi connectivity index (χ4n) is 2.12. The van der Waals surface area contributed by atoms with Gasteiger partial charge in [-0.25, -0.2) is 9.59 Å². The topological polar surface area (TPSA) is 100 Å². The maximum Gasteiger partial charge on any atom is 0.346 e. The molecule has 0 aromatic heterocycles. The van der Waals surface area contributed by atoms with Gasteiger partial charge in [0.05, 0.1) is 13.5 Å². The first-order valence-corrected chi connectivity index (χ1v) is 6.64. The van der Waals surface area contributed by atoms with Crippen LogP contribution in [-0.4, -0.2) is 48.3 Å². The molecular weight excluding hydrogens is 280 g/mol. The van der Waals surface area contributed by atoms with Crippen molar-refractivity contribution in [1.82, 2.24) is 4.90 Å². The minimum atomic E-state index is -1.24. The van der Waals surface area contributed by atoms with Crippen molar-refractivity contribution < 1.29 is 29.1 Å². The normalized spacial score (nSPS) is 14.7. The molecule has 2 N–H and O–H groups in total. The standard InChI is InChI=1S/C13H26N2O6/c1-10(16)19-21-13(5,9-11(17)20-18-6)15(8-7-14)12(2,3)4/h7-9,14H2,1-6H3. The van der Waals surface area contributed by atoms with Gasteiger partial charge >= 0.3 is 11.9 Å². The van der Waals surface area contributed by atoms with E-state index in [1.807, 2.05) is 25.7 Å². The summed E-state index contributed by atoms with van der Waals surface area (Å²) in [5.74, 6) is -1.28. The van der Waals surface area contributed by atoms with Crippen LogP contribution in [0.5, 0.6) is 0 Å². The highest BCUT2D eigenvalue weighted by molar-refractivity contribution is 5.70. The van der Waals surface area contributed by atoms with Gasteiger partial charge in [0.15, 0.2) is 5.72 Å². The van der Waals surface area contributed by atoms with E-state index in [0.29, 0.717) is 13.1 Å². The van der Waals surface area contributed by atoms with E-state index < -0.39 is 17.7 Å². The Morgan fingerprint density at radius 2 is 1.71 bits per heavy atom. The van der Waals surface area contributed by atoms with Gasteiger partial charge in [0.2, 0.25) is 0 Å². The summed E-state index contributed by atoms with van der Waals surface area (Å²) in [6.07, 6.45) is -0.203. The lowest BCUT2D eigenvalue weighted by molar-refractivity contribution is -0.373. The van der Waals surface area contributed by atoms with Crippen LogP contribution in [0.3, 0.4) is 0 Å². The minimum Gasteiger partial charge on any atom is -0.329 e. The molecule has 0 bridgehead atoms. The van der Waals surface area contributed by atoms with E-state index in [-0.39, 0.29) is 12.0 Å². The van der Waals surface area contributed by atoms with E-state index in [1.165, 1.54) is 14.0 Å². The molecule has 0 aromatic rings. The molecule has 0 fully saturated rings. The average molecular weight is 306 g/mol. The zero-order chi connectivity index (χ0) is 16.7. The second kappa shape index (κ2) is 8.28. The molecule has 0 rings (SSSR count). The zero-order valence-electron chi connectivity index (χ0n) is 13.6. The van der Waals surface area contributed by atoms with E-state index >= 15 is 0 Å². The van der Waals surface area contributed by atoms with Gasteiger partial charge < -0.3 is 5.73 Å². The maximum absolute atomic E-state index is 11.7. The smallest absolute Gasteiger partial charge is 0.329 e. The number of nitrogens with zero attached hydrogens (tertiary/aromatic N) is 1. The predicted molar refractivity (Wildman–Crippen MR) is 74.5 cm³/mol. The molecule has 0 amide bonds. The summed E-state index contributed by atoms with van der Waals surface area (Å²) in [5, 5.41) is 0. The molecule has 0 aliphatic carbocycles. The van der Waals surface area contributed by atoms with Crippen LogP contribution in [0.25, 0.3) is 0 Å². The van der Waals surface area contributed by atoms with Gasteiger partial charge in [-0.05, 0) is 27.7 Å². The van der Waals surface area contributed by atoms with Gasteiger partial charge in [0.25, 0.3) is 0 Å². The third kappa shape index (κ3) is 6.85. The Hall–Kier alpha value is -1.22. The highest BCUT2D eigenvalue weighted by Gasteiger charge is 2.43. The Morgan fingerprint density at radius 3 is 2.10 bits per heavy atom. The van der Waals surface area contributed by atoms with Gasteiger partial charge in [-0.2, -0.15) is 9.78 Å². The van der Waals surface area contributed by atoms with Gasteiger partial charge in [-0.1, -0.05) is 0 Å². The summed E-state index contributed by atoms with van der Waals surface area (Å²) >= 11 is 0. The number of nitrogens with two attached hydrogens (primary N) is 1. The number of hydrogen-bond acceptors (Lipinski definition) is 8. The first-order chi connectivity index (χ1) is 9.56. The molecule has 1 atom stereocenters. The zero-order valence-corrected chi connectivity index (χ0v) is 13.6. The fraction of sp³-hybridized carbons (Fsp3) is 0.846. The van der Waals surface area contributed by atoms with Crippen molar-refractivity contribution in [1.29, 1.82) is 0 Å². The summed E-state index contributed by atoms with van der Waals surface area (Å²) in [6.45, 7) is 9.39. The lowest BCUT2D eigenvalue weighted by Gasteiger charge is -2.46. The molecule has 0 heterocycles. The van der Waals surface area contributed by atoms with Crippen molar-refractivity contribution in [2.75, 3.05) is 20.2 Å². The van der Waals surface area contributed by atoms with Crippen molar-refractivity contribution >= 4 is 11.9 Å². The summed E-state index contributed by atoms with van der Waals surface area (Å²) in [4.78, 5) is 43.2. The van der Waals surface area contributed by atoms with Gasteiger partial charge in [0, 0.05) is 25.6 Å². The Bertz CT molecular complexity index is 355. The molecular formula is C13H26N2O6. The van der Waals surface area contributed by atoms with Crippen molar-refractivity contribution in [3.8, 4) is 0 Å². The second-order valence-corrected chi connectivity index (χ2v) is 5.74. The third-order valence-corrected chi connectivity index (χ3v) is 2.72. The minimum absolute atomic E-state index is 0.203. The largest absolute Gasteiger partial charge is 0.346 e. The molecule has 0 aromatic carbocycles. The summed E-state index contributed by atoms with van der Waals surface area (Å²) in [5.41, 5.74) is 4.00. The number of carbonyl (C=O) groups excluding carboxylic acids is 2. The van der Waals surface area contributed by atoms with E-state index in [0.717, 1.165) is 0 Å². The molecule has 0 saturated carbocycles. The summed E-state index contributed by atoms with van der Waals surface area (Å²) in [6, 6.07) is 0. The number of hydrogen-bond donors (Lipinski definition) is 1. The van der Waals surface area contributed by atoms with Gasteiger partial charge in [-0.3, -0.25) is 14.7 Å². The van der Waals surface area contributed by atoms with E-state index in [9.17, 15) is 9.59 Å². The molecule has 1 unspecified atom stereocenters. The predicted octanol–water partition coefficient (Wildman–Crippen LogP) is 0.751. The van der Waals surface area contributed by atoms with Crippen LogP contribution in [0.15, 0.2) is 0 Å². The highest BCUT2D eigenvalue weighted by atomic mass is 17.2. The van der Waals surface area contributed by atoms with Crippen LogP contribution in [0.1, 0.15) is 41.0 Å². The molecule has 0 aliphatic rings. The summed E-state index contributed by atoms with van der Waals surface area (Å²) in [7, 11) is 1.23. The first kappa shape index (κ1) is 19.8. The lowest BCUT2D eigenvalue weighted by atomic mass is 9.99. The molecule has 8 heteroatoms. The van der Waals surface area contributed by atoms with Crippen molar-refractivity contribution in [2.45, 2.75) is 52.3 Å². The third-order valence-electron chi connectivity index (χ3n) is 2.72. The molecule has 0 spiro atoms. The molecule has 21 heavy (non-hydrogen) atoms. The SMILES string of the molecule is COOC(=O)CC(C)(OOC(C)=O)N(CCN)C(C)(C)C. The Kier molecular flexibility index (Phi) is 7.80. The van der Waals surface area contributed by atoms with Crippen LogP contribution in [-0.2, 0) is 29.1 Å². The van der Waals surface area contributed by atoms with Crippen LogP contribution < -0.4 is 5.73 Å². The fourth-order valence-corrected chi connectivity index (χ4v) is 2.12. The maximum atomic E-state index is 11.7. The van der Waals surface area contributed by atoms with Gasteiger partial charge in [-0.15, -0.1) is 0 Å². The van der Waals surface area contributed by atoms with E-state index in [2.05, 4.69) is 14.7 Å².